The lowest BCUT2D eigenvalue weighted by molar-refractivity contribution is -0.140. The summed E-state index contributed by atoms with van der Waals surface area (Å²) in [4.78, 5) is 11.1. The largest absolute Gasteiger partial charge is 0.469 e. The van der Waals surface area contributed by atoms with Crippen LogP contribution in [0.25, 0.3) is 0 Å². The molecule has 1 aliphatic heterocycles. The number of carbonyl (C=O) groups excluding carboxylic acids is 1. The van der Waals surface area contributed by atoms with Crippen LogP contribution in [0.3, 0.4) is 0 Å². The van der Waals surface area contributed by atoms with E-state index < -0.39 is 0 Å². The highest BCUT2D eigenvalue weighted by molar-refractivity contribution is 5.72. The average molecular weight is 191 g/mol. The Kier molecular flexibility index (Phi) is 2.39. The van der Waals surface area contributed by atoms with Crippen molar-refractivity contribution in [2.24, 2.45) is 0 Å². The Morgan fingerprint density at radius 2 is 2.36 bits per heavy atom. The molecule has 2 rings (SSSR count). The molecule has 1 aliphatic rings. The SMILES string of the molecule is COC(=O)C[C@@H]1Cc2ccccc2N1. The van der Waals surface area contributed by atoms with Gasteiger partial charge in [-0.05, 0) is 18.1 Å². The van der Waals surface area contributed by atoms with Crippen LogP contribution in [0.5, 0.6) is 0 Å². The molecule has 0 saturated heterocycles. The second kappa shape index (κ2) is 3.70. The van der Waals surface area contributed by atoms with Gasteiger partial charge in [-0.2, -0.15) is 0 Å². The molecule has 0 saturated carbocycles. The molecule has 0 aliphatic carbocycles. The number of para-hydroxylation sites is 1. The van der Waals surface area contributed by atoms with Gasteiger partial charge in [-0.25, -0.2) is 0 Å². The van der Waals surface area contributed by atoms with Crippen molar-refractivity contribution in [2.45, 2.75) is 18.9 Å². The molecule has 0 spiro atoms. The number of methoxy groups -OCH3 is 1. The zero-order chi connectivity index (χ0) is 9.97. The third-order valence-corrected chi connectivity index (χ3v) is 2.48. The smallest absolute Gasteiger partial charge is 0.307 e. The molecule has 0 bridgehead atoms. The molecule has 0 unspecified atom stereocenters. The molecule has 3 heteroatoms. The van der Waals surface area contributed by atoms with Gasteiger partial charge in [0.15, 0.2) is 0 Å². The summed E-state index contributed by atoms with van der Waals surface area (Å²) in [7, 11) is 1.42. The minimum Gasteiger partial charge on any atom is -0.469 e. The highest BCUT2D eigenvalue weighted by atomic mass is 16.5. The Morgan fingerprint density at radius 1 is 1.57 bits per heavy atom. The normalized spacial score (nSPS) is 18.5. The predicted molar refractivity (Wildman–Crippen MR) is 54.2 cm³/mol. The van der Waals surface area contributed by atoms with Gasteiger partial charge in [0.1, 0.15) is 0 Å². The van der Waals surface area contributed by atoms with Gasteiger partial charge in [0.25, 0.3) is 0 Å². The molecular formula is C11H13NO2. The molecule has 14 heavy (non-hydrogen) atoms. The van der Waals surface area contributed by atoms with Gasteiger partial charge in [0.2, 0.25) is 0 Å². The van der Waals surface area contributed by atoms with E-state index >= 15 is 0 Å². The Labute approximate surface area is 83.1 Å². The molecule has 0 fully saturated rings. The molecule has 1 heterocycles. The number of hydrogen-bond acceptors (Lipinski definition) is 3. The molecule has 74 valence electrons. The second-order valence-electron chi connectivity index (χ2n) is 3.48. The van der Waals surface area contributed by atoms with Gasteiger partial charge < -0.3 is 10.1 Å². The van der Waals surface area contributed by atoms with Crippen molar-refractivity contribution in [3.63, 3.8) is 0 Å². The summed E-state index contributed by atoms with van der Waals surface area (Å²) in [5, 5.41) is 3.30. The summed E-state index contributed by atoms with van der Waals surface area (Å²) in [5.74, 6) is -0.157. The van der Waals surface area contributed by atoms with Crippen molar-refractivity contribution >= 4 is 11.7 Å². The van der Waals surface area contributed by atoms with Gasteiger partial charge in [-0.1, -0.05) is 18.2 Å². The molecule has 0 aromatic heterocycles. The quantitative estimate of drug-likeness (QED) is 0.721. The lowest BCUT2D eigenvalue weighted by Gasteiger charge is -2.08. The van der Waals surface area contributed by atoms with Crippen LogP contribution in [0.2, 0.25) is 0 Å². The summed E-state index contributed by atoms with van der Waals surface area (Å²) in [6.07, 6.45) is 1.34. The van der Waals surface area contributed by atoms with E-state index in [1.807, 2.05) is 18.2 Å². The fraction of sp³-hybridized carbons (Fsp3) is 0.364. The summed E-state index contributed by atoms with van der Waals surface area (Å²) < 4.78 is 4.63. The zero-order valence-electron chi connectivity index (χ0n) is 8.12. The van der Waals surface area contributed by atoms with Gasteiger partial charge in [-0.3, -0.25) is 4.79 Å². The minimum absolute atomic E-state index is 0.157. The number of benzene rings is 1. The molecule has 0 radical (unpaired) electrons. The average Bonchev–Trinajstić information content (AvgIpc) is 2.59. The van der Waals surface area contributed by atoms with E-state index in [9.17, 15) is 4.79 Å². The summed E-state index contributed by atoms with van der Waals surface area (Å²) in [5.41, 5.74) is 2.42. The third-order valence-electron chi connectivity index (χ3n) is 2.48. The first-order valence-corrected chi connectivity index (χ1v) is 4.71. The number of nitrogens with one attached hydrogen (secondary N) is 1. The van der Waals surface area contributed by atoms with Crippen LogP contribution < -0.4 is 5.32 Å². The standard InChI is InChI=1S/C11H13NO2/c1-14-11(13)7-9-6-8-4-2-3-5-10(8)12-9/h2-5,9,12H,6-7H2,1H3/t9-/m0/s1. The van der Waals surface area contributed by atoms with Gasteiger partial charge in [0, 0.05) is 11.7 Å². The summed E-state index contributed by atoms with van der Waals surface area (Å²) in [6.45, 7) is 0. The highest BCUT2D eigenvalue weighted by Gasteiger charge is 2.22. The molecule has 1 aromatic rings. The van der Waals surface area contributed by atoms with Crippen molar-refractivity contribution in [1.29, 1.82) is 0 Å². The number of esters is 1. The van der Waals surface area contributed by atoms with E-state index in [2.05, 4.69) is 16.1 Å². The molecule has 3 nitrogen and oxygen atoms in total. The van der Waals surface area contributed by atoms with Crippen LogP contribution in [0.4, 0.5) is 5.69 Å². The molecule has 1 aromatic carbocycles. The van der Waals surface area contributed by atoms with E-state index in [0.717, 1.165) is 12.1 Å². The van der Waals surface area contributed by atoms with Gasteiger partial charge >= 0.3 is 5.97 Å². The topological polar surface area (TPSA) is 38.3 Å². The molecule has 1 N–H and O–H groups in total. The van der Waals surface area contributed by atoms with Gasteiger partial charge in [0.05, 0.1) is 13.5 Å². The van der Waals surface area contributed by atoms with Crippen molar-refractivity contribution in [3.8, 4) is 0 Å². The van der Waals surface area contributed by atoms with Crippen LogP contribution in [-0.4, -0.2) is 19.1 Å². The van der Waals surface area contributed by atoms with E-state index in [1.165, 1.54) is 12.7 Å². The van der Waals surface area contributed by atoms with Gasteiger partial charge in [-0.15, -0.1) is 0 Å². The highest BCUT2D eigenvalue weighted by Crippen LogP contribution is 2.26. The number of carbonyl (C=O) groups is 1. The fourth-order valence-electron chi connectivity index (χ4n) is 1.78. The number of ether oxygens (including phenoxy) is 1. The minimum atomic E-state index is -0.157. The Hall–Kier alpha value is -1.51. The molecule has 0 amide bonds. The first-order chi connectivity index (χ1) is 6.79. The molecule has 1 atom stereocenters. The van der Waals surface area contributed by atoms with E-state index in [0.29, 0.717) is 6.42 Å². The van der Waals surface area contributed by atoms with E-state index in [4.69, 9.17) is 0 Å². The van der Waals surface area contributed by atoms with Crippen molar-refractivity contribution in [2.75, 3.05) is 12.4 Å². The van der Waals surface area contributed by atoms with Crippen LogP contribution >= 0.6 is 0 Å². The van der Waals surface area contributed by atoms with E-state index in [1.54, 1.807) is 0 Å². The van der Waals surface area contributed by atoms with Crippen molar-refractivity contribution < 1.29 is 9.53 Å². The summed E-state index contributed by atoms with van der Waals surface area (Å²) in [6, 6.07) is 8.32. The fourth-order valence-corrected chi connectivity index (χ4v) is 1.78. The van der Waals surface area contributed by atoms with Crippen LogP contribution in [-0.2, 0) is 16.0 Å². The zero-order valence-corrected chi connectivity index (χ0v) is 8.12. The monoisotopic (exact) mass is 191 g/mol. The van der Waals surface area contributed by atoms with Crippen LogP contribution in [0.15, 0.2) is 24.3 Å². The first-order valence-electron chi connectivity index (χ1n) is 4.71. The molecular weight excluding hydrogens is 178 g/mol. The lowest BCUT2D eigenvalue weighted by atomic mass is 10.1. The maximum Gasteiger partial charge on any atom is 0.307 e. The predicted octanol–water partition coefficient (Wildman–Crippen LogP) is 1.59. The van der Waals surface area contributed by atoms with Crippen LogP contribution in [0, 0.1) is 0 Å². The number of hydrogen-bond donors (Lipinski definition) is 1. The Morgan fingerprint density at radius 3 is 3.07 bits per heavy atom. The van der Waals surface area contributed by atoms with Crippen molar-refractivity contribution in [3.05, 3.63) is 29.8 Å². The Bertz CT molecular complexity index is 324. The van der Waals surface area contributed by atoms with Crippen LogP contribution in [0.1, 0.15) is 12.0 Å². The van der Waals surface area contributed by atoms with E-state index in [-0.39, 0.29) is 12.0 Å². The number of anilines is 1. The first kappa shape index (κ1) is 9.06. The van der Waals surface area contributed by atoms with Crippen molar-refractivity contribution in [1.82, 2.24) is 0 Å². The third kappa shape index (κ3) is 1.71. The lowest BCUT2D eigenvalue weighted by Crippen LogP contribution is -2.20. The number of fused-ring (bicyclic) bond motifs is 1. The summed E-state index contributed by atoms with van der Waals surface area (Å²) >= 11 is 0. The Balaban J connectivity index is 2.01. The second-order valence-corrected chi connectivity index (χ2v) is 3.48. The maximum absolute atomic E-state index is 11.1. The number of rotatable bonds is 2. The maximum atomic E-state index is 11.1.